The van der Waals surface area contributed by atoms with Crippen LogP contribution in [0.1, 0.15) is 26.2 Å². The molecule has 0 radical (unpaired) electrons. The summed E-state index contributed by atoms with van der Waals surface area (Å²) >= 11 is 5.21. The molecule has 1 atom stereocenters. The zero-order valence-corrected chi connectivity index (χ0v) is 6.50. The van der Waals surface area contributed by atoms with E-state index in [0.29, 0.717) is 0 Å². The average molecular weight is 159 g/mol. The van der Waals surface area contributed by atoms with E-state index >= 15 is 0 Å². The van der Waals surface area contributed by atoms with Crippen molar-refractivity contribution in [2.24, 2.45) is 0 Å². The van der Waals surface area contributed by atoms with Gasteiger partial charge in [-0.25, -0.2) is 0 Å². The highest BCUT2D eigenvalue weighted by atomic mass is 35.5. The summed E-state index contributed by atoms with van der Waals surface area (Å²) in [6.07, 6.45) is 2.84. The number of hydrogen-bond acceptors (Lipinski definition) is 1. The van der Waals surface area contributed by atoms with Crippen LogP contribution in [0.25, 0.3) is 0 Å². The molecule has 0 spiro atoms. The number of rotatable bonds is 3. The lowest BCUT2D eigenvalue weighted by atomic mass is 10.3. The van der Waals surface area contributed by atoms with Crippen LogP contribution in [0, 0.1) is 0 Å². The van der Waals surface area contributed by atoms with E-state index in [1.54, 1.807) is 0 Å². The molecule has 0 saturated heterocycles. The third kappa shape index (κ3) is 9.74. The fourth-order valence-electron chi connectivity index (χ4n) is 0.373. The SMILES string of the molecule is CCCCC(O)Cl.Cl. The Morgan fingerprint density at radius 1 is 1.62 bits per heavy atom. The molecule has 3 heteroatoms. The summed E-state index contributed by atoms with van der Waals surface area (Å²) in [6.45, 7) is 2.07. The molecule has 8 heavy (non-hydrogen) atoms. The van der Waals surface area contributed by atoms with Crippen LogP contribution in [0.2, 0.25) is 0 Å². The maximum atomic E-state index is 8.45. The number of aliphatic hydroxyl groups is 1. The Hall–Kier alpha value is 0.540. The standard InChI is InChI=1S/C5H11ClO.ClH/c1-2-3-4-5(6)7;/h5,7H,2-4H2,1H3;1H. The fraction of sp³-hybridized carbons (Fsp3) is 1.00. The molecule has 0 aromatic heterocycles. The predicted octanol–water partition coefficient (Wildman–Crippen LogP) is 2.16. The van der Waals surface area contributed by atoms with Gasteiger partial charge in [-0.3, -0.25) is 0 Å². The third-order valence-electron chi connectivity index (χ3n) is 0.796. The van der Waals surface area contributed by atoms with Crippen molar-refractivity contribution >= 4 is 24.0 Å². The number of hydrogen-bond donors (Lipinski definition) is 1. The number of unbranched alkanes of at least 4 members (excludes halogenated alkanes) is 1. The number of aliphatic hydroxyl groups excluding tert-OH is 1. The van der Waals surface area contributed by atoms with Crippen molar-refractivity contribution in [2.45, 2.75) is 31.7 Å². The van der Waals surface area contributed by atoms with Crippen molar-refractivity contribution in [2.75, 3.05) is 0 Å². The van der Waals surface area contributed by atoms with E-state index in [2.05, 4.69) is 6.92 Å². The zero-order chi connectivity index (χ0) is 5.70. The third-order valence-corrected chi connectivity index (χ3v) is 1.01. The first kappa shape index (κ1) is 11.4. The van der Waals surface area contributed by atoms with Crippen LogP contribution in [0.4, 0.5) is 0 Å². The van der Waals surface area contributed by atoms with Crippen molar-refractivity contribution < 1.29 is 5.11 Å². The highest BCUT2D eigenvalue weighted by molar-refractivity contribution is 6.19. The molecular weight excluding hydrogens is 147 g/mol. The Morgan fingerprint density at radius 2 is 2.12 bits per heavy atom. The molecule has 52 valence electrons. The van der Waals surface area contributed by atoms with Crippen LogP contribution in [0.3, 0.4) is 0 Å². The van der Waals surface area contributed by atoms with Crippen LogP contribution in [-0.2, 0) is 0 Å². The van der Waals surface area contributed by atoms with Gasteiger partial charge in [0.25, 0.3) is 0 Å². The van der Waals surface area contributed by atoms with Crippen molar-refractivity contribution in [1.29, 1.82) is 0 Å². The predicted molar refractivity (Wildman–Crippen MR) is 38.6 cm³/mol. The van der Waals surface area contributed by atoms with Crippen LogP contribution >= 0.6 is 24.0 Å². The molecule has 0 fully saturated rings. The lowest BCUT2D eigenvalue weighted by Crippen LogP contribution is -1.92. The Morgan fingerprint density at radius 3 is 2.25 bits per heavy atom. The van der Waals surface area contributed by atoms with Crippen molar-refractivity contribution in [3.05, 3.63) is 0 Å². The summed E-state index contributed by atoms with van der Waals surface area (Å²) in [4.78, 5) is 0. The molecule has 0 aromatic carbocycles. The Bertz CT molecular complexity index is 39.4. The van der Waals surface area contributed by atoms with Gasteiger partial charge in [0.2, 0.25) is 0 Å². The lowest BCUT2D eigenvalue weighted by Gasteiger charge is -1.96. The number of alkyl halides is 1. The molecule has 1 N–H and O–H groups in total. The van der Waals surface area contributed by atoms with E-state index < -0.39 is 5.56 Å². The van der Waals surface area contributed by atoms with Gasteiger partial charge in [0.05, 0.1) is 0 Å². The van der Waals surface area contributed by atoms with Crippen LogP contribution in [-0.4, -0.2) is 10.7 Å². The minimum absolute atomic E-state index is 0. The molecule has 1 unspecified atom stereocenters. The molecule has 0 aromatic rings. The lowest BCUT2D eigenvalue weighted by molar-refractivity contribution is 0.242. The molecule has 0 aliphatic rings. The van der Waals surface area contributed by atoms with Crippen molar-refractivity contribution in [3.8, 4) is 0 Å². The van der Waals surface area contributed by atoms with Gasteiger partial charge < -0.3 is 5.11 Å². The largest absolute Gasteiger partial charge is 0.378 e. The minimum Gasteiger partial charge on any atom is -0.378 e. The van der Waals surface area contributed by atoms with Gasteiger partial charge >= 0.3 is 0 Å². The second-order valence-corrected chi connectivity index (χ2v) is 2.08. The molecule has 0 amide bonds. The summed E-state index contributed by atoms with van der Waals surface area (Å²) in [5, 5.41) is 8.45. The normalized spacial score (nSPS) is 12.4. The number of halogens is 2. The van der Waals surface area contributed by atoms with Gasteiger partial charge in [-0.1, -0.05) is 24.9 Å². The molecule has 0 aliphatic carbocycles. The van der Waals surface area contributed by atoms with Gasteiger partial charge in [-0.15, -0.1) is 12.4 Å². The molecule has 0 heterocycles. The molecule has 0 saturated carbocycles. The summed E-state index contributed by atoms with van der Waals surface area (Å²) in [7, 11) is 0. The molecule has 0 rings (SSSR count). The van der Waals surface area contributed by atoms with Crippen LogP contribution < -0.4 is 0 Å². The Balaban J connectivity index is 0. The van der Waals surface area contributed by atoms with E-state index in [0.717, 1.165) is 19.3 Å². The quantitative estimate of drug-likeness (QED) is 0.625. The highest BCUT2D eigenvalue weighted by Gasteiger charge is 1.92. The zero-order valence-electron chi connectivity index (χ0n) is 4.93. The summed E-state index contributed by atoms with van der Waals surface area (Å²) in [5.74, 6) is 0. The monoisotopic (exact) mass is 158 g/mol. The van der Waals surface area contributed by atoms with Gasteiger partial charge in [0.1, 0.15) is 5.56 Å². The van der Waals surface area contributed by atoms with Gasteiger partial charge in [0.15, 0.2) is 0 Å². The van der Waals surface area contributed by atoms with E-state index in [9.17, 15) is 0 Å². The molecular formula is C5H12Cl2O. The van der Waals surface area contributed by atoms with Gasteiger partial charge in [-0.2, -0.15) is 0 Å². The van der Waals surface area contributed by atoms with Crippen LogP contribution in [0.15, 0.2) is 0 Å². The fourth-order valence-corrected chi connectivity index (χ4v) is 0.527. The first-order valence-corrected chi connectivity index (χ1v) is 3.03. The average Bonchev–Trinajstić information content (AvgIpc) is 1.61. The van der Waals surface area contributed by atoms with E-state index in [-0.39, 0.29) is 12.4 Å². The first-order chi connectivity index (χ1) is 3.27. The maximum Gasteiger partial charge on any atom is 0.128 e. The van der Waals surface area contributed by atoms with Gasteiger partial charge in [0, 0.05) is 0 Å². The smallest absolute Gasteiger partial charge is 0.128 e. The minimum atomic E-state index is -0.625. The molecule has 0 bridgehead atoms. The second-order valence-electron chi connectivity index (χ2n) is 1.58. The first-order valence-electron chi connectivity index (χ1n) is 2.59. The van der Waals surface area contributed by atoms with Crippen molar-refractivity contribution in [1.82, 2.24) is 0 Å². The summed E-state index contributed by atoms with van der Waals surface area (Å²) < 4.78 is 0. The molecule has 1 nitrogen and oxygen atoms in total. The van der Waals surface area contributed by atoms with E-state index in [1.807, 2.05) is 0 Å². The van der Waals surface area contributed by atoms with Gasteiger partial charge in [-0.05, 0) is 12.8 Å². The summed E-state index contributed by atoms with van der Waals surface area (Å²) in [5.41, 5.74) is -0.625. The summed E-state index contributed by atoms with van der Waals surface area (Å²) in [6, 6.07) is 0. The second kappa shape index (κ2) is 7.54. The van der Waals surface area contributed by atoms with Crippen molar-refractivity contribution in [3.63, 3.8) is 0 Å². The highest BCUT2D eigenvalue weighted by Crippen LogP contribution is 2.02. The topological polar surface area (TPSA) is 20.2 Å². The Labute approximate surface area is 61.4 Å². The van der Waals surface area contributed by atoms with Crippen LogP contribution in [0.5, 0.6) is 0 Å². The maximum absolute atomic E-state index is 8.45. The Kier molecular flexibility index (Phi) is 10.7. The van der Waals surface area contributed by atoms with E-state index in [4.69, 9.17) is 16.7 Å². The molecule has 0 aliphatic heterocycles. The van der Waals surface area contributed by atoms with E-state index in [1.165, 1.54) is 0 Å².